The standard InChI is InChI=1S/C16H31NO2S/c1-5-11-17-16(3,15(18)19-4)12-13(2)20-14-9-7-6-8-10-14/h13-14,17H,5-12H2,1-4H3. The van der Waals surface area contributed by atoms with Gasteiger partial charge >= 0.3 is 5.97 Å². The molecule has 3 nitrogen and oxygen atoms in total. The van der Waals surface area contributed by atoms with Crippen molar-refractivity contribution in [1.82, 2.24) is 5.32 Å². The molecule has 0 aromatic heterocycles. The van der Waals surface area contributed by atoms with Gasteiger partial charge < -0.3 is 10.1 Å². The maximum atomic E-state index is 12.1. The summed E-state index contributed by atoms with van der Waals surface area (Å²) < 4.78 is 4.99. The average Bonchev–Trinajstić information content (AvgIpc) is 2.45. The number of hydrogen-bond acceptors (Lipinski definition) is 4. The second-order valence-corrected chi connectivity index (χ2v) is 7.90. The quantitative estimate of drug-likeness (QED) is 0.693. The van der Waals surface area contributed by atoms with Gasteiger partial charge in [0.15, 0.2) is 0 Å². The molecule has 0 amide bonds. The van der Waals surface area contributed by atoms with Crippen LogP contribution in [0.2, 0.25) is 0 Å². The summed E-state index contributed by atoms with van der Waals surface area (Å²) in [5.74, 6) is -0.137. The fourth-order valence-corrected chi connectivity index (χ4v) is 4.70. The zero-order valence-electron chi connectivity index (χ0n) is 13.5. The van der Waals surface area contributed by atoms with E-state index in [0.29, 0.717) is 5.25 Å². The number of carbonyl (C=O) groups is 1. The van der Waals surface area contributed by atoms with Crippen molar-refractivity contribution in [3.63, 3.8) is 0 Å². The van der Waals surface area contributed by atoms with Crippen molar-refractivity contribution in [2.75, 3.05) is 13.7 Å². The second-order valence-electron chi connectivity index (χ2n) is 6.16. The molecule has 1 saturated carbocycles. The van der Waals surface area contributed by atoms with E-state index in [1.807, 2.05) is 6.92 Å². The highest BCUT2D eigenvalue weighted by molar-refractivity contribution is 8.00. The molecule has 0 spiro atoms. The minimum Gasteiger partial charge on any atom is -0.468 e. The van der Waals surface area contributed by atoms with Gasteiger partial charge in [-0.15, -0.1) is 0 Å². The Kier molecular flexibility index (Phi) is 7.96. The minimum atomic E-state index is -0.550. The summed E-state index contributed by atoms with van der Waals surface area (Å²) >= 11 is 2.06. The van der Waals surface area contributed by atoms with Crippen molar-refractivity contribution >= 4 is 17.7 Å². The van der Waals surface area contributed by atoms with Crippen LogP contribution in [0.25, 0.3) is 0 Å². The van der Waals surface area contributed by atoms with E-state index in [-0.39, 0.29) is 5.97 Å². The molecule has 0 saturated heterocycles. The summed E-state index contributed by atoms with van der Waals surface area (Å²) in [7, 11) is 1.48. The first-order valence-corrected chi connectivity index (χ1v) is 8.95. The second kappa shape index (κ2) is 8.93. The number of ether oxygens (including phenoxy) is 1. The maximum Gasteiger partial charge on any atom is 0.325 e. The van der Waals surface area contributed by atoms with Crippen LogP contribution in [0.5, 0.6) is 0 Å². The van der Waals surface area contributed by atoms with Gasteiger partial charge in [0.2, 0.25) is 0 Å². The van der Waals surface area contributed by atoms with Gasteiger partial charge in [0.05, 0.1) is 7.11 Å². The highest BCUT2D eigenvalue weighted by Crippen LogP contribution is 2.34. The van der Waals surface area contributed by atoms with E-state index in [0.717, 1.165) is 24.6 Å². The van der Waals surface area contributed by atoms with Crippen molar-refractivity contribution in [1.29, 1.82) is 0 Å². The zero-order chi connectivity index (χ0) is 15.0. The third-order valence-corrected chi connectivity index (χ3v) is 5.56. The van der Waals surface area contributed by atoms with Gasteiger partial charge in [-0.3, -0.25) is 4.79 Å². The van der Waals surface area contributed by atoms with E-state index in [1.165, 1.54) is 39.2 Å². The average molecular weight is 301 g/mol. The Hall–Kier alpha value is -0.220. The Morgan fingerprint density at radius 3 is 2.60 bits per heavy atom. The lowest BCUT2D eigenvalue weighted by Gasteiger charge is -2.32. The minimum absolute atomic E-state index is 0.137. The first-order chi connectivity index (χ1) is 9.51. The summed E-state index contributed by atoms with van der Waals surface area (Å²) in [6.07, 6.45) is 8.67. The van der Waals surface area contributed by atoms with E-state index in [9.17, 15) is 4.79 Å². The monoisotopic (exact) mass is 301 g/mol. The molecule has 1 N–H and O–H groups in total. The normalized spacial score (nSPS) is 21.2. The largest absolute Gasteiger partial charge is 0.468 e. The smallest absolute Gasteiger partial charge is 0.325 e. The lowest BCUT2D eigenvalue weighted by atomic mass is 9.96. The molecule has 0 aromatic rings. The van der Waals surface area contributed by atoms with Crippen LogP contribution in [0.4, 0.5) is 0 Å². The Morgan fingerprint density at radius 2 is 2.05 bits per heavy atom. The van der Waals surface area contributed by atoms with Gasteiger partial charge in [0, 0.05) is 10.5 Å². The lowest BCUT2D eigenvalue weighted by molar-refractivity contribution is -0.148. The van der Waals surface area contributed by atoms with Crippen molar-refractivity contribution < 1.29 is 9.53 Å². The van der Waals surface area contributed by atoms with E-state index in [1.54, 1.807) is 0 Å². The van der Waals surface area contributed by atoms with Crippen LogP contribution in [0.3, 0.4) is 0 Å². The third-order valence-electron chi connectivity index (χ3n) is 4.07. The molecule has 4 heteroatoms. The first-order valence-electron chi connectivity index (χ1n) is 8.00. The molecule has 1 fully saturated rings. The molecule has 118 valence electrons. The third kappa shape index (κ3) is 5.65. The number of rotatable bonds is 8. The number of nitrogens with one attached hydrogen (secondary N) is 1. The van der Waals surface area contributed by atoms with Crippen LogP contribution in [0, 0.1) is 0 Å². The molecular formula is C16H31NO2S. The first kappa shape index (κ1) is 17.8. The summed E-state index contributed by atoms with van der Waals surface area (Å²) in [6.45, 7) is 7.19. The van der Waals surface area contributed by atoms with Gasteiger partial charge in [0.25, 0.3) is 0 Å². The van der Waals surface area contributed by atoms with Gasteiger partial charge in [-0.1, -0.05) is 33.1 Å². The predicted octanol–water partition coefficient (Wildman–Crippen LogP) is 3.76. The highest BCUT2D eigenvalue weighted by atomic mass is 32.2. The topological polar surface area (TPSA) is 38.3 Å². The van der Waals surface area contributed by atoms with Gasteiger partial charge in [0.1, 0.15) is 5.54 Å². The molecule has 0 aromatic carbocycles. The molecule has 2 unspecified atom stereocenters. The number of hydrogen-bond donors (Lipinski definition) is 1. The van der Waals surface area contributed by atoms with E-state index >= 15 is 0 Å². The fourth-order valence-electron chi connectivity index (χ4n) is 3.01. The SMILES string of the molecule is CCCNC(C)(CC(C)SC1CCCCC1)C(=O)OC. The Morgan fingerprint density at radius 1 is 1.40 bits per heavy atom. The Labute approximate surface area is 128 Å². The van der Waals surface area contributed by atoms with Crippen LogP contribution in [0.1, 0.15) is 65.7 Å². The molecular weight excluding hydrogens is 270 g/mol. The molecule has 20 heavy (non-hydrogen) atoms. The van der Waals surface area contributed by atoms with Crippen LogP contribution in [0.15, 0.2) is 0 Å². The van der Waals surface area contributed by atoms with Crippen molar-refractivity contribution in [2.24, 2.45) is 0 Å². The summed E-state index contributed by atoms with van der Waals surface area (Å²) in [4.78, 5) is 12.1. The van der Waals surface area contributed by atoms with Crippen molar-refractivity contribution in [2.45, 2.75) is 81.8 Å². The number of carbonyl (C=O) groups excluding carboxylic acids is 1. The number of thioether (sulfide) groups is 1. The predicted molar refractivity (Wildman–Crippen MR) is 87.3 cm³/mol. The summed E-state index contributed by atoms with van der Waals surface area (Å²) in [5.41, 5.74) is -0.550. The van der Waals surface area contributed by atoms with Crippen molar-refractivity contribution in [3.8, 4) is 0 Å². The number of esters is 1. The van der Waals surface area contributed by atoms with Gasteiger partial charge in [-0.05, 0) is 39.2 Å². The Bertz CT molecular complexity index is 292. The summed E-state index contributed by atoms with van der Waals surface area (Å²) in [5, 5.41) is 4.64. The maximum absolute atomic E-state index is 12.1. The van der Waals surface area contributed by atoms with Gasteiger partial charge in [-0.2, -0.15) is 11.8 Å². The molecule has 0 radical (unpaired) electrons. The molecule has 0 heterocycles. The number of methoxy groups -OCH3 is 1. The molecule has 2 atom stereocenters. The molecule has 0 bridgehead atoms. The van der Waals surface area contributed by atoms with Crippen molar-refractivity contribution in [3.05, 3.63) is 0 Å². The van der Waals surface area contributed by atoms with E-state index in [2.05, 4.69) is 30.9 Å². The van der Waals surface area contributed by atoms with Crippen LogP contribution < -0.4 is 5.32 Å². The molecule has 1 aliphatic rings. The zero-order valence-corrected chi connectivity index (χ0v) is 14.4. The molecule has 0 aliphatic heterocycles. The summed E-state index contributed by atoms with van der Waals surface area (Å²) in [6, 6.07) is 0. The van der Waals surface area contributed by atoms with Crippen LogP contribution in [-0.2, 0) is 9.53 Å². The van der Waals surface area contributed by atoms with Gasteiger partial charge in [-0.25, -0.2) is 0 Å². The van der Waals surface area contributed by atoms with E-state index < -0.39 is 5.54 Å². The molecule has 1 aliphatic carbocycles. The highest BCUT2D eigenvalue weighted by Gasteiger charge is 2.35. The fraction of sp³-hybridized carbons (Fsp3) is 0.938. The van der Waals surface area contributed by atoms with Crippen LogP contribution in [-0.4, -0.2) is 35.7 Å². The van der Waals surface area contributed by atoms with E-state index in [4.69, 9.17) is 4.74 Å². The Balaban J connectivity index is 2.51. The molecule has 1 rings (SSSR count). The lowest BCUT2D eigenvalue weighted by Crippen LogP contribution is -2.52. The van der Waals surface area contributed by atoms with Crippen LogP contribution >= 0.6 is 11.8 Å².